The summed E-state index contributed by atoms with van der Waals surface area (Å²) in [6, 6.07) is 0. The van der Waals surface area contributed by atoms with Gasteiger partial charge < -0.3 is 0 Å². The summed E-state index contributed by atoms with van der Waals surface area (Å²) in [5.74, 6) is -0.215. The van der Waals surface area contributed by atoms with Crippen molar-refractivity contribution in [3.63, 3.8) is 0 Å². The van der Waals surface area contributed by atoms with Crippen molar-refractivity contribution < 1.29 is 21.6 Å². The molecule has 1 aromatic rings. The second-order valence-electron chi connectivity index (χ2n) is 3.34. The fourth-order valence-corrected chi connectivity index (χ4v) is 4.16. The highest BCUT2D eigenvalue weighted by atomic mass is 35.5. The Hall–Kier alpha value is -0.380. The maximum Gasteiger partial charge on any atom is 0.402 e. The van der Waals surface area contributed by atoms with E-state index in [4.69, 9.17) is 11.6 Å². The lowest BCUT2D eigenvalue weighted by molar-refractivity contribution is -0.135. The van der Waals surface area contributed by atoms with Gasteiger partial charge >= 0.3 is 6.18 Å². The molecule has 10 heteroatoms. The molecular formula is C8H10ClF3N2O2S2. The molecule has 0 amide bonds. The van der Waals surface area contributed by atoms with Gasteiger partial charge in [0.2, 0.25) is 0 Å². The van der Waals surface area contributed by atoms with E-state index in [-0.39, 0.29) is 10.1 Å². The average molecular weight is 323 g/mol. The van der Waals surface area contributed by atoms with Crippen LogP contribution in [-0.2, 0) is 10.0 Å². The molecule has 0 radical (unpaired) electrons. The quantitative estimate of drug-likeness (QED) is 0.781. The molecule has 1 rings (SSSR count). The van der Waals surface area contributed by atoms with E-state index >= 15 is 0 Å². The number of rotatable bonds is 5. The Morgan fingerprint density at radius 2 is 2.11 bits per heavy atom. The summed E-state index contributed by atoms with van der Waals surface area (Å²) in [6.07, 6.45) is -3.56. The number of thiazole rings is 1. The molecule has 1 aromatic heterocycles. The highest BCUT2D eigenvalue weighted by Gasteiger charge is 2.37. The van der Waals surface area contributed by atoms with Crippen LogP contribution in [0.4, 0.5) is 13.2 Å². The van der Waals surface area contributed by atoms with E-state index < -0.39 is 29.3 Å². The first-order chi connectivity index (χ1) is 8.16. The molecule has 0 saturated carbocycles. The monoisotopic (exact) mass is 322 g/mol. The topological polar surface area (TPSA) is 50.3 Å². The second-order valence-corrected chi connectivity index (χ2v) is 7.12. The molecule has 0 fully saturated rings. The molecule has 0 aromatic carbocycles. The SMILES string of the molecule is Cc1ncc(S(=O)(=O)N(CCCl)CC(F)(F)F)s1. The zero-order chi connectivity index (χ0) is 14.0. The maximum absolute atomic E-state index is 12.3. The van der Waals surface area contributed by atoms with Gasteiger partial charge in [0.15, 0.2) is 4.21 Å². The average Bonchev–Trinajstić information content (AvgIpc) is 2.63. The van der Waals surface area contributed by atoms with Crippen molar-refractivity contribution in [2.24, 2.45) is 0 Å². The number of aryl methyl sites for hydroxylation is 1. The van der Waals surface area contributed by atoms with E-state index in [2.05, 4.69) is 4.98 Å². The zero-order valence-electron chi connectivity index (χ0n) is 9.24. The number of aromatic nitrogens is 1. The highest BCUT2D eigenvalue weighted by molar-refractivity contribution is 7.91. The summed E-state index contributed by atoms with van der Waals surface area (Å²) >= 11 is 6.16. The van der Waals surface area contributed by atoms with Crippen LogP contribution < -0.4 is 0 Å². The van der Waals surface area contributed by atoms with Crippen LogP contribution >= 0.6 is 22.9 Å². The number of halogens is 4. The Balaban J connectivity index is 3.04. The minimum atomic E-state index is -4.61. The lowest BCUT2D eigenvalue weighted by Gasteiger charge is -2.21. The number of hydrogen-bond acceptors (Lipinski definition) is 4. The van der Waals surface area contributed by atoms with E-state index in [0.717, 1.165) is 17.5 Å². The van der Waals surface area contributed by atoms with Gasteiger partial charge in [-0.3, -0.25) is 0 Å². The Morgan fingerprint density at radius 3 is 2.50 bits per heavy atom. The molecule has 0 spiro atoms. The fourth-order valence-electron chi connectivity index (χ4n) is 1.17. The predicted molar refractivity (Wildman–Crippen MR) is 62.4 cm³/mol. The van der Waals surface area contributed by atoms with Crippen molar-refractivity contribution in [2.45, 2.75) is 17.3 Å². The number of sulfonamides is 1. The van der Waals surface area contributed by atoms with Gasteiger partial charge in [0, 0.05) is 12.4 Å². The molecule has 0 atom stereocenters. The fraction of sp³-hybridized carbons (Fsp3) is 0.625. The van der Waals surface area contributed by atoms with E-state index in [1.54, 1.807) is 6.92 Å². The Bertz CT molecular complexity index is 501. The van der Waals surface area contributed by atoms with Crippen LogP contribution in [0.25, 0.3) is 0 Å². The molecule has 0 aliphatic carbocycles. The van der Waals surface area contributed by atoms with Crippen molar-refractivity contribution in [1.29, 1.82) is 0 Å². The van der Waals surface area contributed by atoms with Crippen molar-refractivity contribution in [3.05, 3.63) is 11.2 Å². The smallest absolute Gasteiger partial charge is 0.249 e. The standard InChI is InChI=1S/C8H10ClF3N2O2S2/c1-6-13-4-7(17-6)18(15,16)14(3-2-9)5-8(10,11)12/h4H,2-3,5H2,1H3. The summed E-state index contributed by atoms with van der Waals surface area (Å²) in [7, 11) is -4.19. The molecule has 0 aliphatic rings. The highest BCUT2D eigenvalue weighted by Crippen LogP contribution is 2.25. The molecule has 0 unspecified atom stereocenters. The van der Waals surface area contributed by atoms with Gasteiger partial charge in [0.1, 0.15) is 6.54 Å². The van der Waals surface area contributed by atoms with Gasteiger partial charge in [0.05, 0.1) is 11.2 Å². The molecule has 18 heavy (non-hydrogen) atoms. The summed E-state index contributed by atoms with van der Waals surface area (Å²) in [5.41, 5.74) is 0. The largest absolute Gasteiger partial charge is 0.402 e. The van der Waals surface area contributed by atoms with Gasteiger partial charge in [0.25, 0.3) is 10.0 Å². The minimum Gasteiger partial charge on any atom is -0.249 e. The van der Waals surface area contributed by atoms with Crippen LogP contribution in [0.1, 0.15) is 5.01 Å². The normalized spacial score (nSPS) is 13.2. The maximum atomic E-state index is 12.3. The lowest BCUT2D eigenvalue weighted by atomic mass is 10.6. The number of nitrogens with zero attached hydrogens (tertiary/aromatic N) is 2. The first kappa shape index (κ1) is 15.7. The minimum absolute atomic E-state index is 0.214. The molecule has 0 aliphatic heterocycles. The number of hydrogen-bond donors (Lipinski definition) is 0. The molecular weight excluding hydrogens is 313 g/mol. The Morgan fingerprint density at radius 1 is 1.50 bits per heavy atom. The molecule has 1 heterocycles. The van der Waals surface area contributed by atoms with Crippen LogP contribution in [0.5, 0.6) is 0 Å². The van der Waals surface area contributed by atoms with Crippen LogP contribution in [-0.4, -0.2) is 42.9 Å². The summed E-state index contributed by atoms with van der Waals surface area (Å²) in [5, 5.41) is 0.464. The third kappa shape index (κ3) is 4.08. The zero-order valence-corrected chi connectivity index (χ0v) is 11.6. The number of alkyl halides is 4. The van der Waals surface area contributed by atoms with E-state index in [1.807, 2.05) is 0 Å². The predicted octanol–water partition coefficient (Wildman–Crippen LogP) is 2.24. The summed E-state index contributed by atoms with van der Waals surface area (Å²) in [6.45, 7) is -0.390. The van der Waals surface area contributed by atoms with Gasteiger partial charge in [-0.1, -0.05) is 0 Å². The lowest BCUT2D eigenvalue weighted by Crippen LogP contribution is -2.39. The van der Waals surface area contributed by atoms with Crippen LogP contribution in [0.15, 0.2) is 10.4 Å². The third-order valence-corrected chi connectivity index (χ3v) is 5.25. The van der Waals surface area contributed by atoms with Crippen molar-refractivity contribution in [1.82, 2.24) is 9.29 Å². The Kier molecular flexibility index (Phi) is 4.98. The first-order valence-corrected chi connectivity index (χ1v) is 7.51. The van der Waals surface area contributed by atoms with Crippen LogP contribution in [0.3, 0.4) is 0 Å². The van der Waals surface area contributed by atoms with Gasteiger partial charge in [-0.2, -0.15) is 17.5 Å². The van der Waals surface area contributed by atoms with Gasteiger partial charge in [-0.15, -0.1) is 22.9 Å². The van der Waals surface area contributed by atoms with Gasteiger partial charge in [-0.25, -0.2) is 13.4 Å². The molecule has 104 valence electrons. The molecule has 0 bridgehead atoms. The van der Waals surface area contributed by atoms with Crippen LogP contribution in [0.2, 0.25) is 0 Å². The van der Waals surface area contributed by atoms with Gasteiger partial charge in [-0.05, 0) is 6.92 Å². The van der Waals surface area contributed by atoms with E-state index in [9.17, 15) is 21.6 Å². The van der Waals surface area contributed by atoms with E-state index in [0.29, 0.717) is 9.31 Å². The van der Waals surface area contributed by atoms with E-state index in [1.165, 1.54) is 0 Å². The summed E-state index contributed by atoms with van der Waals surface area (Å²) < 4.78 is 61.0. The Labute approximate surface area is 111 Å². The second kappa shape index (κ2) is 5.72. The molecule has 0 N–H and O–H groups in total. The third-order valence-electron chi connectivity index (χ3n) is 1.88. The molecule has 4 nitrogen and oxygen atoms in total. The van der Waals surface area contributed by atoms with Crippen molar-refractivity contribution in [3.8, 4) is 0 Å². The van der Waals surface area contributed by atoms with Crippen molar-refractivity contribution in [2.75, 3.05) is 19.0 Å². The first-order valence-electron chi connectivity index (χ1n) is 4.72. The van der Waals surface area contributed by atoms with Crippen molar-refractivity contribution >= 4 is 33.0 Å². The van der Waals surface area contributed by atoms with Crippen LogP contribution in [0, 0.1) is 6.92 Å². The molecule has 0 saturated heterocycles. The summed E-state index contributed by atoms with van der Waals surface area (Å²) in [4.78, 5) is 3.72.